The van der Waals surface area contributed by atoms with Gasteiger partial charge in [-0.2, -0.15) is 4.98 Å². The van der Waals surface area contributed by atoms with Gasteiger partial charge in [-0.1, -0.05) is 0 Å². The fraction of sp³-hybridized carbons (Fsp3) is 0.238. The van der Waals surface area contributed by atoms with Crippen LogP contribution in [-0.4, -0.2) is 63.9 Å². The van der Waals surface area contributed by atoms with E-state index in [0.717, 1.165) is 10.6 Å². The van der Waals surface area contributed by atoms with Crippen molar-refractivity contribution < 1.29 is 27.5 Å². The molecule has 1 amide bonds. The Labute approximate surface area is 202 Å². The summed E-state index contributed by atoms with van der Waals surface area (Å²) < 4.78 is 35.8. The third-order valence-electron chi connectivity index (χ3n) is 4.69. The Hall–Kier alpha value is -4.17. The molecule has 0 aliphatic carbocycles. The van der Waals surface area contributed by atoms with Crippen molar-refractivity contribution in [2.45, 2.75) is 0 Å². The molecule has 0 fully saturated rings. The van der Waals surface area contributed by atoms with Gasteiger partial charge in [0.1, 0.15) is 11.5 Å². The summed E-state index contributed by atoms with van der Waals surface area (Å²) in [5, 5.41) is 6.16. The van der Waals surface area contributed by atoms with Gasteiger partial charge in [0.15, 0.2) is 5.82 Å². The minimum Gasteiger partial charge on any atom is -0.481 e. The van der Waals surface area contributed by atoms with Crippen LogP contribution in [0.2, 0.25) is 0 Å². The number of nitrogens with zero attached hydrogens (tertiary/aromatic N) is 4. The van der Waals surface area contributed by atoms with Crippen LogP contribution in [0.3, 0.4) is 0 Å². The van der Waals surface area contributed by atoms with Gasteiger partial charge in [0.2, 0.25) is 21.8 Å². The summed E-state index contributed by atoms with van der Waals surface area (Å²) in [5.74, 6) is 0.394. The Kier molecular flexibility index (Phi) is 7.88. The minimum absolute atomic E-state index is 0.0604. The number of pyridine rings is 3. The van der Waals surface area contributed by atoms with Crippen LogP contribution in [0.25, 0.3) is 0 Å². The molecule has 0 saturated carbocycles. The Morgan fingerprint density at radius 3 is 2.43 bits per heavy atom. The lowest BCUT2D eigenvalue weighted by atomic mass is 10.2. The third-order valence-corrected chi connectivity index (χ3v) is 5.86. The van der Waals surface area contributed by atoms with Crippen LogP contribution in [-0.2, 0) is 14.9 Å². The van der Waals surface area contributed by atoms with Gasteiger partial charge in [0.05, 0.1) is 44.5 Å². The summed E-state index contributed by atoms with van der Waals surface area (Å²) in [6, 6.07) is 8.17. The Morgan fingerprint density at radius 2 is 1.77 bits per heavy atom. The second-order valence-corrected chi connectivity index (χ2v) is 9.03. The van der Waals surface area contributed by atoms with E-state index >= 15 is 0 Å². The number of rotatable bonds is 10. The van der Waals surface area contributed by atoms with Crippen molar-refractivity contribution in [3.63, 3.8) is 0 Å². The smallest absolute Gasteiger partial charge is 0.278 e. The first kappa shape index (κ1) is 25.5. The van der Waals surface area contributed by atoms with Crippen LogP contribution in [0.4, 0.5) is 28.7 Å². The average molecular weight is 504 g/mol. The monoisotopic (exact) mass is 503 g/mol. The predicted octanol–water partition coefficient (Wildman–Crippen LogP) is 2.06. The number of anilines is 5. The normalized spacial score (nSPS) is 10.9. The molecule has 13 nitrogen and oxygen atoms in total. The average Bonchev–Trinajstić information content (AvgIpc) is 2.84. The standard InChI is InChI=1S/C21H25N7O6S/c1-28(35(5,30)31)19-14(8-9-18(26-19)32-2)24-16-11-17(23-12-13(16)20(29)27-34-4)25-15-7-6-10-22-21(15)33-3/h6-12H,1-5H3,(H,27,29)(H2,23,24,25). The molecule has 0 aliphatic rings. The molecule has 3 rings (SSSR count). The number of hydrogen-bond acceptors (Lipinski definition) is 11. The summed E-state index contributed by atoms with van der Waals surface area (Å²) in [6.07, 6.45) is 3.96. The largest absolute Gasteiger partial charge is 0.481 e. The highest BCUT2D eigenvalue weighted by molar-refractivity contribution is 7.92. The number of hydroxylamine groups is 1. The number of aromatic nitrogens is 3. The van der Waals surface area contributed by atoms with Gasteiger partial charge >= 0.3 is 0 Å². The third kappa shape index (κ3) is 6.04. The summed E-state index contributed by atoms with van der Waals surface area (Å²) in [4.78, 5) is 30.0. The zero-order valence-corrected chi connectivity index (χ0v) is 20.5. The predicted molar refractivity (Wildman–Crippen MR) is 130 cm³/mol. The van der Waals surface area contributed by atoms with E-state index in [-0.39, 0.29) is 22.9 Å². The lowest BCUT2D eigenvalue weighted by Crippen LogP contribution is -2.27. The van der Waals surface area contributed by atoms with Crippen LogP contribution in [0.1, 0.15) is 10.4 Å². The van der Waals surface area contributed by atoms with E-state index < -0.39 is 15.9 Å². The number of amides is 1. The topological polar surface area (TPSA) is 157 Å². The maximum Gasteiger partial charge on any atom is 0.278 e. The molecule has 3 aromatic rings. The van der Waals surface area contributed by atoms with Crippen molar-refractivity contribution in [3.05, 3.63) is 48.3 Å². The van der Waals surface area contributed by atoms with E-state index in [2.05, 4.69) is 31.1 Å². The van der Waals surface area contributed by atoms with Gasteiger partial charge < -0.3 is 20.1 Å². The summed E-state index contributed by atoms with van der Waals surface area (Å²) in [6.45, 7) is 0. The van der Waals surface area contributed by atoms with Gasteiger partial charge in [-0.25, -0.2) is 23.9 Å². The van der Waals surface area contributed by atoms with Crippen LogP contribution in [0.15, 0.2) is 42.7 Å². The van der Waals surface area contributed by atoms with E-state index in [0.29, 0.717) is 23.1 Å². The molecule has 0 atom stereocenters. The van der Waals surface area contributed by atoms with Gasteiger partial charge in [-0.3, -0.25) is 13.9 Å². The van der Waals surface area contributed by atoms with Crippen LogP contribution in [0.5, 0.6) is 11.8 Å². The fourth-order valence-corrected chi connectivity index (χ4v) is 3.38. The molecule has 3 heterocycles. The highest BCUT2D eigenvalue weighted by atomic mass is 32.2. The highest BCUT2D eigenvalue weighted by Gasteiger charge is 2.21. The molecule has 0 radical (unpaired) electrons. The van der Waals surface area contributed by atoms with Crippen molar-refractivity contribution in [1.82, 2.24) is 20.4 Å². The number of methoxy groups -OCH3 is 2. The van der Waals surface area contributed by atoms with Crippen molar-refractivity contribution in [3.8, 4) is 11.8 Å². The maximum absolute atomic E-state index is 12.6. The first-order chi connectivity index (χ1) is 16.7. The van der Waals surface area contributed by atoms with Crippen molar-refractivity contribution in [2.75, 3.05) is 49.6 Å². The molecule has 0 unspecified atom stereocenters. The van der Waals surface area contributed by atoms with E-state index in [1.54, 1.807) is 36.5 Å². The molecule has 0 aromatic carbocycles. The van der Waals surface area contributed by atoms with E-state index in [4.69, 9.17) is 14.3 Å². The number of hydrogen-bond donors (Lipinski definition) is 3. The molecule has 0 spiro atoms. The molecule has 3 N–H and O–H groups in total. The van der Waals surface area contributed by atoms with Crippen molar-refractivity contribution >= 4 is 44.6 Å². The molecule has 186 valence electrons. The molecule has 0 aliphatic heterocycles. The molecule has 35 heavy (non-hydrogen) atoms. The van der Waals surface area contributed by atoms with Gasteiger partial charge in [0.25, 0.3) is 5.91 Å². The zero-order valence-electron chi connectivity index (χ0n) is 19.7. The Balaban J connectivity index is 2.08. The first-order valence-electron chi connectivity index (χ1n) is 10.0. The number of carbonyl (C=O) groups is 1. The summed E-state index contributed by atoms with van der Waals surface area (Å²) in [5.41, 5.74) is 3.50. The molecule has 0 bridgehead atoms. The van der Waals surface area contributed by atoms with Gasteiger partial charge in [-0.15, -0.1) is 0 Å². The van der Waals surface area contributed by atoms with E-state index in [9.17, 15) is 13.2 Å². The summed E-state index contributed by atoms with van der Waals surface area (Å²) >= 11 is 0. The lowest BCUT2D eigenvalue weighted by molar-refractivity contribution is 0.0538. The van der Waals surface area contributed by atoms with E-state index in [1.165, 1.54) is 34.6 Å². The second-order valence-electron chi connectivity index (χ2n) is 7.02. The molecule has 0 saturated heterocycles. The van der Waals surface area contributed by atoms with Crippen LogP contribution >= 0.6 is 0 Å². The van der Waals surface area contributed by atoms with Crippen LogP contribution in [0, 0.1) is 0 Å². The fourth-order valence-electron chi connectivity index (χ4n) is 2.93. The van der Waals surface area contributed by atoms with Crippen molar-refractivity contribution in [1.29, 1.82) is 0 Å². The number of carbonyl (C=O) groups excluding carboxylic acids is 1. The Morgan fingerprint density at radius 1 is 1.00 bits per heavy atom. The zero-order chi connectivity index (χ0) is 25.6. The quantitative estimate of drug-likeness (QED) is 0.348. The molecule has 3 aromatic heterocycles. The number of nitrogens with one attached hydrogen (secondary N) is 3. The SMILES string of the molecule is CONC(=O)c1cnc(Nc2cccnc2OC)cc1Nc1ccc(OC)nc1N(C)S(C)(=O)=O. The number of sulfonamides is 1. The molecular formula is C21H25N7O6S. The molecular weight excluding hydrogens is 478 g/mol. The summed E-state index contributed by atoms with van der Waals surface area (Å²) in [7, 11) is 1.91. The maximum atomic E-state index is 12.6. The van der Waals surface area contributed by atoms with Gasteiger partial charge in [0, 0.05) is 31.6 Å². The van der Waals surface area contributed by atoms with Crippen molar-refractivity contribution in [2.24, 2.45) is 0 Å². The van der Waals surface area contributed by atoms with E-state index in [1.807, 2.05) is 0 Å². The molecule has 14 heteroatoms. The minimum atomic E-state index is -3.66. The second kappa shape index (κ2) is 10.8. The highest BCUT2D eigenvalue weighted by Crippen LogP contribution is 2.33. The first-order valence-corrected chi connectivity index (χ1v) is 11.9. The van der Waals surface area contributed by atoms with Crippen LogP contribution < -0.4 is 29.9 Å². The Bertz CT molecular complexity index is 1320. The number of ether oxygens (including phenoxy) is 2. The van der Waals surface area contributed by atoms with Gasteiger partial charge in [-0.05, 0) is 18.2 Å². The lowest BCUT2D eigenvalue weighted by Gasteiger charge is -2.21.